The van der Waals surface area contributed by atoms with Gasteiger partial charge < -0.3 is 0 Å². The monoisotopic (exact) mass is 387 g/mol. The van der Waals surface area contributed by atoms with E-state index >= 15 is 0 Å². The maximum atomic E-state index is 8.55. The zero-order valence-electron chi connectivity index (χ0n) is 18.2. The molecule has 1 aromatic carbocycles. The van der Waals surface area contributed by atoms with Crippen LogP contribution in [0.5, 0.6) is 0 Å². The topological polar surface area (TPSA) is 23.8 Å². The Morgan fingerprint density at radius 1 is 0.966 bits per heavy atom. The summed E-state index contributed by atoms with van der Waals surface area (Å²) in [5, 5.41) is 8.55. The predicted molar refractivity (Wildman–Crippen MR) is 124 cm³/mol. The van der Waals surface area contributed by atoms with Gasteiger partial charge in [-0.25, -0.2) is 0 Å². The van der Waals surface area contributed by atoms with E-state index in [0.29, 0.717) is 5.92 Å². The van der Waals surface area contributed by atoms with E-state index in [1.807, 2.05) is 18.2 Å². The zero-order valence-corrected chi connectivity index (χ0v) is 18.2. The average molecular weight is 388 g/mol. The highest BCUT2D eigenvalue weighted by molar-refractivity contribution is 5.26. The van der Waals surface area contributed by atoms with E-state index in [-0.39, 0.29) is 0 Å². The third kappa shape index (κ3) is 6.20. The number of hydrogen-bond donors (Lipinski definition) is 0. The Kier molecular flexibility index (Phi) is 8.36. The zero-order chi connectivity index (χ0) is 20.5. The van der Waals surface area contributed by atoms with Crippen molar-refractivity contribution in [3.05, 3.63) is 71.8 Å². The molecule has 0 aromatic heterocycles. The molecule has 1 heteroatoms. The lowest BCUT2D eigenvalue weighted by Gasteiger charge is -2.36. The van der Waals surface area contributed by atoms with Crippen LogP contribution in [-0.2, 0) is 6.42 Å². The molecule has 0 heterocycles. The quantitative estimate of drug-likeness (QED) is 0.265. The van der Waals surface area contributed by atoms with Crippen LogP contribution < -0.4 is 0 Å². The third-order valence-electron chi connectivity index (χ3n) is 7.20. The first-order valence-electron chi connectivity index (χ1n) is 11.7. The number of hydrogen-bond acceptors (Lipinski definition) is 1. The summed E-state index contributed by atoms with van der Waals surface area (Å²) in [5.74, 6) is 2.89. The minimum atomic E-state index is 0.675. The molecule has 154 valence electrons. The van der Waals surface area contributed by atoms with Crippen molar-refractivity contribution in [1.29, 1.82) is 5.26 Å². The van der Waals surface area contributed by atoms with Crippen LogP contribution in [0.4, 0.5) is 0 Å². The van der Waals surface area contributed by atoms with Gasteiger partial charge in [0.05, 0.1) is 6.07 Å². The van der Waals surface area contributed by atoms with Gasteiger partial charge in [0.15, 0.2) is 0 Å². The highest BCUT2D eigenvalue weighted by Gasteiger charge is 2.29. The number of aryl methyl sites for hydroxylation is 1. The van der Waals surface area contributed by atoms with E-state index in [2.05, 4.69) is 43.8 Å². The molecule has 0 saturated heterocycles. The Labute approximate surface area is 178 Å². The van der Waals surface area contributed by atoms with Crippen molar-refractivity contribution in [2.75, 3.05) is 0 Å². The van der Waals surface area contributed by atoms with E-state index in [4.69, 9.17) is 5.26 Å². The van der Waals surface area contributed by atoms with Crippen LogP contribution in [0, 0.1) is 29.1 Å². The largest absolute Gasteiger partial charge is 0.193 e. The smallest absolute Gasteiger partial charge is 0.0912 e. The number of allylic oxidation sites excluding steroid dienone is 5. The molecule has 2 aliphatic rings. The van der Waals surface area contributed by atoms with Crippen molar-refractivity contribution in [3.8, 4) is 6.07 Å². The molecular formula is C28H37N. The summed E-state index contributed by atoms with van der Waals surface area (Å²) >= 11 is 0. The van der Waals surface area contributed by atoms with Gasteiger partial charge in [-0.3, -0.25) is 0 Å². The molecule has 0 N–H and O–H groups in total. The predicted octanol–water partition coefficient (Wildman–Crippen LogP) is 7.91. The van der Waals surface area contributed by atoms with Crippen molar-refractivity contribution in [3.63, 3.8) is 0 Å². The van der Waals surface area contributed by atoms with Crippen LogP contribution in [-0.4, -0.2) is 0 Å². The molecule has 0 bridgehead atoms. The summed E-state index contributed by atoms with van der Waals surface area (Å²) in [6.45, 7) is 6.83. The summed E-state index contributed by atoms with van der Waals surface area (Å²) in [4.78, 5) is 0. The van der Waals surface area contributed by atoms with E-state index in [9.17, 15) is 0 Å². The van der Waals surface area contributed by atoms with Gasteiger partial charge in [0, 0.05) is 6.08 Å². The Morgan fingerprint density at radius 2 is 1.59 bits per heavy atom. The molecule has 2 fully saturated rings. The Hall–Kier alpha value is -2.07. The molecule has 0 aliphatic heterocycles. The lowest BCUT2D eigenvalue weighted by atomic mass is 9.70. The first-order valence-corrected chi connectivity index (χ1v) is 11.7. The third-order valence-corrected chi connectivity index (χ3v) is 7.20. The van der Waals surface area contributed by atoms with Gasteiger partial charge in [-0.15, -0.1) is 0 Å². The van der Waals surface area contributed by atoms with Gasteiger partial charge in [-0.1, -0.05) is 68.0 Å². The van der Waals surface area contributed by atoms with E-state index in [0.717, 1.165) is 17.8 Å². The van der Waals surface area contributed by atoms with Crippen molar-refractivity contribution >= 4 is 0 Å². The number of nitrogens with zero attached hydrogens (tertiary/aromatic N) is 1. The number of benzene rings is 1. The van der Waals surface area contributed by atoms with E-state index in [1.54, 1.807) is 17.2 Å². The van der Waals surface area contributed by atoms with Crippen LogP contribution in [0.2, 0.25) is 0 Å². The van der Waals surface area contributed by atoms with E-state index < -0.39 is 0 Å². The molecule has 3 rings (SSSR count). The van der Waals surface area contributed by atoms with Gasteiger partial charge in [-0.2, -0.15) is 5.26 Å². The highest BCUT2D eigenvalue weighted by Crippen LogP contribution is 2.43. The van der Waals surface area contributed by atoms with Crippen LogP contribution >= 0.6 is 0 Å². The van der Waals surface area contributed by atoms with Crippen molar-refractivity contribution < 1.29 is 0 Å². The minimum Gasteiger partial charge on any atom is -0.193 e. The summed E-state index contributed by atoms with van der Waals surface area (Å²) < 4.78 is 0. The molecule has 2 saturated carbocycles. The molecule has 0 atom stereocenters. The molecule has 29 heavy (non-hydrogen) atoms. The maximum absolute atomic E-state index is 8.55. The van der Waals surface area contributed by atoms with Gasteiger partial charge >= 0.3 is 0 Å². The molecule has 2 aliphatic carbocycles. The van der Waals surface area contributed by atoms with Gasteiger partial charge in [0.2, 0.25) is 0 Å². The normalized spacial score (nSPS) is 27.9. The molecule has 0 unspecified atom stereocenters. The number of rotatable bonds is 7. The Morgan fingerprint density at radius 3 is 2.17 bits per heavy atom. The first kappa shape index (κ1) is 21.6. The van der Waals surface area contributed by atoms with E-state index in [1.165, 1.54) is 69.8 Å². The van der Waals surface area contributed by atoms with Crippen LogP contribution in [0.1, 0.15) is 81.8 Å². The summed E-state index contributed by atoms with van der Waals surface area (Å²) in [6.07, 6.45) is 20.5. The van der Waals surface area contributed by atoms with Crippen molar-refractivity contribution in [1.82, 2.24) is 0 Å². The van der Waals surface area contributed by atoms with Gasteiger partial charge in [0.25, 0.3) is 0 Å². The second-order valence-electron chi connectivity index (χ2n) is 9.10. The summed E-state index contributed by atoms with van der Waals surface area (Å²) in [7, 11) is 0. The molecule has 0 spiro atoms. The highest BCUT2D eigenvalue weighted by atomic mass is 14.3. The molecule has 1 aromatic rings. The van der Waals surface area contributed by atoms with Crippen LogP contribution in [0.25, 0.3) is 0 Å². The molecule has 0 amide bonds. The summed E-state index contributed by atoms with van der Waals surface area (Å²) in [6, 6.07) is 11.5. The second kappa shape index (κ2) is 11.2. The average Bonchev–Trinajstić information content (AvgIpc) is 2.78. The minimum absolute atomic E-state index is 0.675. The van der Waals surface area contributed by atoms with Gasteiger partial charge in [-0.05, 0) is 92.6 Å². The summed E-state index contributed by atoms with van der Waals surface area (Å²) in [5.41, 5.74) is 4.57. The lowest BCUT2D eigenvalue weighted by Crippen LogP contribution is -2.22. The van der Waals surface area contributed by atoms with Crippen LogP contribution in [0.15, 0.2) is 60.7 Å². The Balaban J connectivity index is 1.44. The van der Waals surface area contributed by atoms with Crippen molar-refractivity contribution in [2.24, 2.45) is 17.8 Å². The SMILES string of the molecule is C=C([C@H]1CC[C@H](/C=C/C=C/C#N)CC1)[C@H]1CC[C@H](c2ccc(CCC)cc2)CC1. The lowest BCUT2D eigenvalue weighted by molar-refractivity contribution is 0.290. The fourth-order valence-corrected chi connectivity index (χ4v) is 5.38. The van der Waals surface area contributed by atoms with Crippen LogP contribution in [0.3, 0.4) is 0 Å². The second-order valence-corrected chi connectivity index (χ2v) is 9.10. The standard InChI is InChI=1S/C28H37N/c1-3-7-23-11-15-27(16-12-23)28-19-17-26(18-20-28)22(2)25-13-9-24(10-14-25)8-5-4-6-21-29/h4-6,8,11-12,15-16,24-26,28H,2-3,7,9-10,13-14,17-20H2,1H3/b6-4+,8-5+/t24-,25-,26-,28-. The molecule has 1 nitrogen and oxygen atoms in total. The maximum Gasteiger partial charge on any atom is 0.0912 e. The fraction of sp³-hybridized carbons (Fsp3) is 0.536. The van der Waals surface area contributed by atoms with Crippen molar-refractivity contribution in [2.45, 2.75) is 77.0 Å². The molecule has 0 radical (unpaired) electrons. The first-order chi connectivity index (χ1) is 14.2. The molecular weight excluding hydrogens is 350 g/mol. The van der Waals surface area contributed by atoms with Gasteiger partial charge in [0.1, 0.15) is 0 Å². The number of nitriles is 1. The fourth-order valence-electron chi connectivity index (χ4n) is 5.38. The Bertz CT molecular complexity index is 730.